The van der Waals surface area contributed by atoms with Crippen LogP contribution >= 0.6 is 0 Å². The lowest BCUT2D eigenvalue weighted by atomic mass is 10.2. The Morgan fingerprint density at radius 1 is 1.71 bits per heavy atom. The van der Waals surface area contributed by atoms with Crippen molar-refractivity contribution in [2.24, 2.45) is 7.05 Å². The van der Waals surface area contributed by atoms with Gasteiger partial charge in [0.25, 0.3) is 0 Å². The van der Waals surface area contributed by atoms with Crippen LogP contribution in [-0.4, -0.2) is 52.1 Å². The van der Waals surface area contributed by atoms with Crippen molar-refractivity contribution in [2.75, 3.05) is 30.8 Å². The summed E-state index contributed by atoms with van der Waals surface area (Å²) in [5.41, 5.74) is 6.48. The van der Waals surface area contributed by atoms with Crippen LogP contribution in [0.4, 0.5) is 16.3 Å². The third-order valence-electron chi connectivity index (χ3n) is 3.25. The molecule has 1 saturated heterocycles. The summed E-state index contributed by atoms with van der Waals surface area (Å²) in [7, 11) is 3.43. The largest absolute Gasteiger partial charge is 0.465 e. The van der Waals surface area contributed by atoms with E-state index < -0.39 is 6.09 Å². The second-order valence-corrected chi connectivity index (χ2v) is 4.33. The number of hydrogen-bond donors (Lipinski definition) is 2. The minimum Gasteiger partial charge on any atom is -0.465 e. The zero-order valence-electron chi connectivity index (χ0n) is 10.00. The summed E-state index contributed by atoms with van der Waals surface area (Å²) in [5.74, 6) is 0.867. The Kier molecular flexibility index (Phi) is 2.83. The number of nitrogen functional groups attached to an aromatic ring is 1. The number of amides is 1. The minimum absolute atomic E-state index is 0.0156. The van der Waals surface area contributed by atoms with E-state index in [1.807, 2.05) is 7.05 Å². The molecule has 1 aromatic rings. The third kappa shape index (κ3) is 2.00. The number of aryl methyl sites for hydroxylation is 1. The number of carbonyl (C=O) groups is 1. The molecule has 1 amide bonds. The molecule has 7 nitrogen and oxygen atoms in total. The summed E-state index contributed by atoms with van der Waals surface area (Å²) in [4.78, 5) is 14.3. The van der Waals surface area contributed by atoms with Crippen LogP contribution in [-0.2, 0) is 7.05 Å². The van der Waals surface area contributed by atoms with Gasteiger partial charge in [0.1, 0.15) is 5.82 Å². The van der Waals surface area contributed by atoms with Gasteiger partial charge in [0.05, 0.1) is 17.9 Å². The number of anilines is 2. The molecule has 0 bridgehead atoms. The Morgan fingerprint density at radius 3 is 2.94 bits per heavy atom. The van der Waals surface area contributed by atoms with E-state index in [1.165, 1.54) is 4.90 Å². The van der Waals surface area contributed by atoms with Gasteiger partial charge in [0, 0.05) is 27.2 Å². The van der Waals surface area contributed by atoms with Crippen LogP contribution in [0.2, 0.25) is 0 Å². The summed E-state index contributed by atoms with van der Waals surface area (Å²) in [6.45, 7) is 1.46. The molecule has 1 unspecified atom stereocenters. The maximum absolute atomic E-state index is 10.9. The highest BCUT2D eigenvalue weighted by Gasteiger charge is 2.30. The van der Waals surface area contributed by atoms with E-state index in [-0.39, 0.29) is 6.04 Å². The molecule has 17 heavy (non-hydrogen) atoms. The molecule has 1 aromatic heterocycles. The Bertz CT molecular complexity index is 411. The molecule has 0 spiro atoms. The number of hydrogen-bond acceptors (Lipinski definition) is 4. The summed E-state index contributed by atoms with van der Waals surface area (Å²) >= 11 is 0. The summed E-state index contributed by atoms with van der Waals surface area (Å²) in [5, 5.41) is 13.0. The number of rotatable bonds is 2. The normalized spacial score (nSPS) is 19.6. The maximum atomic E-state index is 10.9. The van der Waals surface area contributed by atoms with Gasteiger partial charge in [0.15, 0.2) is 0 Å². The van der Waals surface area contributed by atoms with Crippen molar-refractivity contribution in [2.45, 2.75) is 12.5 Å². The summed E-state index contributed by atoms with van der Waals surface area (Å²) in [6, 6.07) is 0.0156. The highest BCUT2D eigenvalue weighted by molar-refractivity contribution is 5.66. The van der Waals surface area contributed by atoms with Gasteiger partial charge in [-0.25, -0.2) is 4.79 Å². The zero-order chi connectivity index (χ0) is 12.6. The van der Waals surface area contributed by atoms with Gasteiger partial charge in [-0.15, -0.1) is 0 Å². The summed E-state index contributed by atoms with van der Waals surface area (Å²) < 4.78 is 1.72. The average Bonchev–Trinajstić information content (AvgIpc) is 2.85. The van der Waals surface area contributed by atoms with Crippen molar-refractivity contribution < 1.29 is 9.90 Å². The zero-order valence-corrected chi connectivity index (χ0v) is 10.00. The fraction of sp³-hybridized carbons (Fsp3) is 0.600. The molecule has 0 aromatic carbocycles. The van der Waals surface area contributed by atoms with Crippen LogP contribution in [0.3, 0.4) is 0 Å². The number of carboxylic acid groups (broad SMARTS) is 1. The molecule has 0 saturated carbocycles. The van der Waals surface area contributed by atoms with Crippen LogP contribution in [0.1, 0.15) is 6.42 Å². The molecular weight excluding hydrogens is 222 g/mol. The smallest absolute Gasteiger partial charge is 0.407 e. The quantitative estimate of drug-likeness (QED) is 0.769. The number of nitrogens with zero attached hydrogens (tertiary/aromatic N) is 4. The van der Waals surface area contributed by atoms with Crippen molar-refractivity contribution in [3.63, 3.8) is 0 Å². The predicted octanol–water partition coefficient (Wildman–Crippen LogP) is 0.191. The van der Waals surface area contributed by atoms with E-state index in [0.717, 1.165) is 18.8 Å². The third-order valence-corrected chi connectivity index (χ3v) is 3.25. The van der Waals surface area contributed by atoms with Gasteiger partial charge in [-0.1, -0.05) is 0 Å². The van der Waals surface area contributed by atoms with Crippen LogP contribution < -0.4 is 10.6 Å². The monoisotopic (exact) mass is 239 g/mol. The first-order chi connectivity index (χ1) is 8.00. The standard InChI is InChI=1S/C10H17N5O2/c1-13(10(16)17)7-3-4-15(6-7)9-8(11)5-12-14(9)2/h5,7H,3-4,6,11H2,1-2H3,(H,16,17). The molecule has 2 heterocycles. The molecule has 0 aliphatic carbocycles. The first-order valence-electron chi connectivity index (χ1n) is 5.49. The fourth-order valence-corrected chi connectivity index (χ4v) is 2.24. The van der Waals surface area contributed by atoms with Crippen LogP contribution in [0.25, 0.3) is 0 Å². The number of aromatic nitrogens is 2. The topological polar surface area (TPSA) is 87.6 Å². The van der Waals surface area contributed by atoms with Gasteiger partial charge in [-0.3, -0.25) is 4.68 Å². The Morgan fingerprint density at radius 2 is 2.41 bits per heavy atom. The van der Waals surface area contributed by atoms with Crippen molar-refractivity contribution in [1.29, 1.82) is 0 Å². The van der Waals surface area contributed by atoms with Gasteiger partial charge in [-0.05, 0) is 6.42 Å². The second kappa shape index (κ2) is 4.15. The Hall–Kier alpha value is -1.92. The lowest BCUT2D eigenvalue weighted by Crippen LogP contribution is -2.38. The van der Waals surface area contributed by atoms with Crippen molar-refractivity contribution in [3.05, 3.63) is 6.20 Å². The van der Waals surface area contributed by atoms with Crippen LogP contribution in [0.5, 0.6) is 0 Å². The van der Waals surface area contributed by atoms with E-state index in [9.17, 15) is 4.79 Å². The molecular formula is C10H17N5O2. The Balaban J connectivity index is 2.10. The lowest BCUT2D eigenvalue weighted by molar-refractivity contribution is 0.142. The van der Waals surface area contributed by atoms with Gasteiger partial charge >= 0.3 is 6.09 Å². The van der Waals surface area contributed by atoms with Crippen LogP contribution in [0.15, 0.2) is 6.20 Å². The molecule has 2 rings (SSSR count). The van der Waals surface area contributed by atoms with E-state index in [0.29, 0.717) is 12.2 Å². The van der Waals surface area contributed by atoms with E-state index in [2.05, 4.69) is 10.00 Å². The maximum Gasteiger partial charge on any atom is 0.407 e. The first kappa shape index (κ1) is 11.6. The van der Waals surface area contributed by atoms with Crippen molar-refractivity contribution in [3.8, 4) is 0 Å². The highest BCUT2D eigenvalue weighted by atomic mass is 16.4. The highest BCUT2D eigenvalue weighted by Crippen LogP contribution is 2.26. The van der Waals surface area contributed by atoms with Crippen molar-refractivity contribution >= 4 is 17.6 Å². The van der Waals surface area contributed by atoms with Gasteiger partial charge in [0.2, 0.25) is 0 Å². The number of likely N-dealkylation sites (N-methyl/N-ethyl adjacent to an activating group) is 1. The second-order valence-electron chi connectivity index (χ2n) is 4.33. The minimum atomic E-state index is -0.894. The molecule has 0 radical (unpaired) electrons. The van der Waals surface area contributed by atoms with Gasteiger partial charge < -0.3 is 20.6 Å². The Labute approximate surface area is 99.4 Å². The fourth-order valence-electron chi connectivity index (χ4n) is 2.24. The first-order valence-corrected chi connectivity index (χ1v) is 5.49. The molecule has 1 aliphatic rings. The van der Waals surface area contributed by atoms with E-state index in [4.69, 9.17) is 10.8 Å². The molecule has 1 aliphatic heterocycles. The molecule has 3 N–H and O–H groups in total. The lowest BCUT2D eigenvalue weighted by Gasteiger charge is -2.23. The predicted molar refractivity (Wildman–Crippen MR) is 64.0 cm³/mol. The molecule has 1 atom stereocenters. The molecule has 7 heteroatoms. The van der Waals surface area contributed by atoms with Crippen molar-refractivity contribution in [1.82, 2.24) is 14.7 Å². The van der Waals surface area contributed by atoms with E-state index in [1.54, 1.807) is 17.9 Å². The summed E-state index contributed by atoms with van der Waals surface area (Å²) in [6.07, 6.45) is 1.53. The SMILES string of the molecule is CN(C(=O)O)C1CCN(c2c(N)cnn2C)C1. The van der Waals surface area contributed by atoms with Gasteiger partial charge in [-0.2, -0.15) is 5.10 Å². The van der Waals surface area contributed by atoms with Crippen LogP contribution in [0, 0.1) is 0 Å². The average molecular weight is 239 g/mol. The van der Waals surface area contributed by atoms with E-state index >= 15 is 0 Å². The number of nitrogens with two attached hydrogens (primary N) is 1. The molecule has 1 fully saturated rings. The molecule has 94 valence electrons.